The first-order valence-corrected chi connectivity index (χ1v) is 9.84. The topological polar surface area (TPSA) is 95.1 Å². The Hall–Kier alpha value is -2.91. The van der Waals surface area contributed by atoms with Gasteiger partial charge in [0.25, 0.3) is 10.0 Å². The summed E-state index contributed by atoms with van der Waals surface area (Å²) < 4.78 is 46.1. The van der Waals surface area contributed by atoms with Crippen LogP contribution in [0.5, 0.6) is 23.0 Å². The van der Waals surface area contributed by atoms with Crippen LogP contribution in [0.2, 0.25) is 0 Å². The molecule has 0 amide bonds. The lowest BCUT2D eigenvalue weighted by atomic mass is 10.1. The van der Waals surface area contributed by atoms with Crippen molar-refractivity contribution >= 4 is 15.7 Å². The van der Waals surface area contributed by atoms with E-state index in [9.17, 15) is 8.42 Å². The Balaban J connectivity index is 2.16. The van der Waals surface area contributed by atoms with Gasteiger partial charge >= 0.3 is 0 Å². The molecule has 0 atom stereocenters. The molecule has 2 aromatic carbocycles. The van der Waals surface area contributed by atoms with Crippen molar-refractivity contribution in [2.75, 3.05) is 27.9 Å². The van der Waals surface area contributed by atoms with E-state index in [4.69, 9.17) is 18.9 Å². The third-order valence-electron chi connectivity index (χ3n) is 3.79. The van der Waals surface area contributed by atoms with Crippen LogP contribution >= 0.6 is 0 Å². The van der Waals surface area contributed by atoms with Crippen molar-refractivity contribution in [2.45, 2.75) is 11.8 Å². The number of benzene rings is 2. The van der Waals surface area contributed by atoms with Gasteiger partial charge in [0.05, 0.1) is 38.5 Å². The van der Waals surface area contributed by atoms with E-state index in [1.807, 2.05) is 6.92 Å². The average molecular weight is 408 g/mol. The van der Waals surface area contributed by atoms with Crippen LogP contribution in [0.3, 0.4) is 0 Å². The van der Waals surface area contributed by atoms with E-state index < -0.39 is 10.0 Å². The first-order chi connectivity index (χ1) is 13.4. The Morgan fingerprint density at radius 2 is 1.57 bits per heavy atom. The predicted molar refractivity (Wildman–Crippen MR) is 106 cm³/mol. The number of hydrogen-bond acceptors (Lipinski definition) is 7. The van der Waals surface area contributed by atoms with Gasteiger partial charge in [-0.3, -0.25) is 0 Å². The normalized spacial score (nSPS) is 10.9. The van der Waals surface area contributed by atoms with Crippen LogP contribution in [0, 0.1) is 0 Å². The van der Waals surface area contributed by atoms with Gasteiger partial charge in [-0.05, 0) is 43.3 Å². The Morgan fingerprint density at radius 1 is 1.00 bits per heavy atom. The number of hydrazine groups is 1. The van der Waals surface area contributed by atoms with E-state index in [1.165, 1.54) is 33.5 Å². The lowest BCUT2D eigenvalue weighted by Gasteiger charge is -2.16. The fraction of sp³-hybridized carbons (Fsp3) is 0.263. The van der Waals surface area contributed by atoms with Gasteiger partial charge in [-0.2, -0.15) is 0 Å². The largest absolute Gasteiger partial charge is 0.494 e. The van der Waals surface area contributed by atoms with E-state index in [1.54, 1.807) is 24.3 Å². The first kappa shape index (κ1) is 21.4. The Bertz CT molecular complexity index is 901. The molecule has 2 rings (SSSR count). The highest BCUT2D eigenvalue weighted by Crippen LogP contribution is 2.39. The number of hydrogen-bond donors (Lipinski definition) is 2. The molecule has 28 heavy (non-hydrogen) atoms. The van der Waals surface area contributed by atoms with Crippen molar-refractivity contribution in [1.29, 1.82) is 0 Å². The number of sulfonamides is 1. The second-order valence-corrected chi connectivity index (χ2v) is 7.21. The van der Waals surface area contributed by atoms with Gasteiger partial charge in [0.15, 0.2) is 11.5 Å². The van der Waals surface area contributed by atoms with Gasteiger partial charge in [-0.15, -0.1) is 4.83 Å². The molecule has 2 N–H and O–H groups in total. The lowest BCUT2D eigenvalue weighted by Crippen LogP contribution is -2.35. The second kappa shape index (κ2) is 9.34. The molecule has 0 unspecified atom stereocenters. The van der Waals surface area contributed by atoms with E-state index in [0.29, 0.717) is 40.9 Å². The van der Waals surface area contributed by atoms with Crippen molar-refractivity contribution in [3.63, 3.8) is 0 Å². The summed E-state index contributed by atoms with van der Waals surface area (Å²) >= 11 is 0. The third-order valence-corrected chi connectivity index (χ3v) is 5.06. The number of ether oxygens (including phenoxy) is 4. The van der Waals surface area contributed by atoms with Crippen LogP contribution in [-0.2, 0) is 10.0 Å². The maximum Gasteiger partial charge on any atom is 0.257 e. The van der Waals surface area contributed by atoms with Crippen LogP contribution in [0.15, 0.2) is 47.9 Å². The highest BCUT2D eigenvalue weighted by molar-refractivity contribution is 7.89. The average Bonchev–Trinajstić information content (AvgIpc) is 2.71. The summed E-state index contributed by atoms with van der Waals surface area (Å²) in [6.45, 7) is 6.21. The SMILES string of the molecule is C=C(NNS(=O)(=O)c1ccc(OCC)cc1)c1cc(OC)c(OC)c(OC)c1. The van der Waals surface area contributed by atoms with E-state index in [2.05, 4.69) is 16.8 Å². The van der Waals surface area contributed by atoms with Gasteiger partial charge in [0.1, 0.15) is 5.75 Å². The maximum absolute atomic E-state index is 12.5. The Labute approximate surface area is 165 Å². The lowest BCUT2D eigenvalue weighted by molar-refractivity contribution is 0.324. The van der Waals surface area contributed by atoms with Gasteiger partial charge < -0.3 is 24.4 Å². The summed E-state index contributed by atoms with van der Waals surface area (Å²) in [5, 5.41) is 0. The zero-order valence-corrected chi connectivity index (χ0v) is 17.1. The quantitative estimate of drug-likeness (QED) is 0.584. The fourth-order valence-electron chi connectivity index (χ4n) is 2.40. The molecule has 2 aromatic rings. The number of methoxy groups -OCH3 is 3. The van der Waals surface area contributed by atoms with Crippen LogP contribution < -0.4 is 29.2 Å². The van der Waals surface area contributed by atoms with Crippen LogP contribution in [0.25, 0.3) is 5.70 Å². The van der Waals surface area contributed by atoms with Gasteiger partial charge in [-0.1, -0.05) is 6.58 Å². The van der Waals surface area contributed by atoms with Crippen LogP contribution in [-0.4, -0.2) is 36.4 Å². The van der Waals surface area contributed by atoms with Crippen LogP contribution in [0.1, 0.15) is 12.5 Å². The van der Waals surface area contributed by atoms with Gasteiger partial charge in [0, 0.05) is 5.56 Å². The zero-order chi connectivity index (χ0) is 20.7. The zero-order valence-electron chi connectivity index (χ0n) is 16.2. The number of rotatable bonds is 10. The maximum atomic E-state index is 12.5. The predicted octanol–water partition coefficient (Wildman–Crippen LogP) is 2.56. The van der Waals surface area contributed by atoms with Crippen molar-refractivity contribution < 1.29 is 27.4 Å². The molecule has 0 aliphatic carbocycles. The molecule has 152 valence electrons. The molecule has 0 heterocycles. The Kier molecular flexibility index (Phi) is 7.13. The Morgan fingerprint density at radius 3 is 2.04 bits per heavy atom. The molecule has 0 fully saturated rings. The second-order valence-electron chi connectivity index (χ2n) is 5.53. The summed E-state index contributed by atoms with van der Waals surface area (Å²) in [6.07, 6.45) is 0. The monoisotopic (exact) mass is 408 g/mol. The van der Waals surface area contributed by atoms with Crippen molar-refractivity contribution in [3.05, 3.63) is 48.5 Å². The minimum absolute atomic E-state index is 0.0844. The molecular weight excluding hydrogens is 384 g/mol. The van der Waals surface area contributed by atoms with Gasteiger partial charge in [-0.25, -0.2) is 8.42 Å². The molecule has 9 heteroatoms. The summed E-state index contributed by atoms with van der Waals surface area (Å²) in [4.78, 5) is 2.38. The molecule has 0 saturated heterocycles. The smallest absolute Gasteiger partial charge is 0.257 e. The van der Waals surface area contributed by atoms with Crippen molar-refractivity contribution in [1.82, 2.24) is 10.3 Å². The van der Waals surface area contributed by atoms with Gasteiger partial charge in [0.2, 0.25) is 5.75 Å². The molecule has 0 radical (unpaired) electrons. The minimum Gasteiger partial charge on any atom is -0.494 e. The number of nitrogens with one attached hydrogen (secondary N) is 2. The first-order valence-electron chi connectivity index (χ1n) is 8.36. The molecule has 0 bridgehead atoms. The third kappa shape index (κ3) is 4.87. The minimum atomic E-state index is -3.80. The highest BCUT2D eigenvalue weighted by atomic mass is 32.2. The summed E-state index contributed by atoms with van der Waals surface area (Å²) in [7, 11) is 0.678. The van der Waals surface area contributed by atoms with E-state index in [0.717, 1.165) is 0 Å². The standard InChI is InChI=1S/C19H24N2O6S/c1-6-27-15-7-9-16(10-8-15)28(22,23)21-20-13(2)14-11-17(24-3)19(26-5)18(12-14)25-4/h7-12,20-21H,2,6H2,1,3-5H3. The van der Waals surface area contributed by atoms with Crippen molar-refractivity contribution in [3.8, 4) is 23.0 Å². The van der Waals surface area contributed by atoms with Crippen molar-refractivity contribution in [2.24, 2.45) is 0 Å². The molecular formula is C19H24N2O6S. The highest BCUT2D eigenvalue weighted by Gasteiger charge is 2.17. The van der Waals surface area contributed by atoms with Crippen LogP contribution in [0.4, 0.5) is 0 Å². The molecule has 0 spiro atoms. The fourth-order valence-corrected chi connectivity index (χ4v) is 3.27. The summed E-state index contributed by atoms with van der Waals surface area (Å²) in [6, 6.07) is 9.40. The van der Waals surface area contributed by atoms with E-state index >= 15 is 0 Å². The molecule has 0 saturated carbocycles. The summed E-state index contributed by atoms with van der Waals surface area (Å²) in [5.74, 6) is 1.87. The molecule has 0 aliphatic rings. The van der Waals surface area contributed by atoms with E-state index in [-0.39, 0.29) is 4.90 Å². The summed E-state index contributed by atoms with van der Waals surface area (Å²) in [5.41, 5.74) is 3.46. The molecule has 8 nitrogen and oxygen atoms in total. The molecule has 0 aliphatic heterocycles. The molecule has 0 aromatic heterocycles.